The van der Waals surface area contributed by atoms with Gasteiger partial charge in [-0.3, -0.25) is 24.4 Å². The zero-order valence-corrected chi connectivity index (χ0v) is 23.3. The zero-order valence-electron chi connectivity index (χ0n) is 23.3. The molecule has 0 aliphatic carbocycles. The molecule has 0 saturated carbocycles. The SMILES string of the molecule is CCn1nc(C)cc1C(=O)Nc1nc2cc(C(N)=O)cc(OC)c2n1C/C=C/Cn1c(N)nc2cc(C(N)=O)ccc21. The second-order valence-electron chi connectivity index (χ2n) is 9.52. The monoisotopic (exact) mass is 570 g/mol. The van der Waals surface area contributed by atoms with Crippen LogP contribution in [0.5, 0.6) is 5.75 Å². The fraction of sp³-hybridized carbons (Fsp3) is 0.214. The van der Waals surface area contributed by atoms with E-state index in [1.165, 1.54) is 13.2 Å². The molecular formula is C28H30N10O4. The van der Waals surface area contributed by atoms with Crippen molar-refractivity contribution in [3.8, 4) is 5.75 Å². The maximum absolute atomic E-state index is 13.3. The highest BCUT2D eigenvalue weighted by Crippen LogP contribution is 2.31. The molecule has 0 bridgehead atoms. The number of anilines is 2. The normalized spacial score (nSPS) is 11.5. The molecule has 0 saturated heterocycles. The molecule has 0 aliphatic rings. The first-order valence-electron chi connectivity index (χ1n) is 13.1. The molecule has 0 fully saturated rings. The lowest BCUT2D eigenvalue weighted by molar-refractivity contribution is 0.0992. The van der Waals surface area contributed by atoms with Gasteiger partial charge in [0, 0.05) is 30.8 Å². The molecule has 2 aromatic carbocycles. The quantitative estimate of drug-likeness (QED) is 0.183. The van der Waals surface area contributed by atoms with Gasteiger partial charge in [0.15, 0.2) is 0 Å². The summed E-state index contributed by atoms with van der Waals surface area (Å²) in [7, 11) is 1.48. The van der Waals surface area contributed by atoms with Gasteiger partial charge >= 0.3 is 0 Å². The molecule has 7 N–H and O–H groups in total. The van der Waals surface area contributed by atoms with Crippen molar-refractivity contribution in [1.29, 1.82) is 0 Å². The molecule has 0 radical (unpaired) electrons. The third kappa shape index (κ3) is 5.12. The second-order valence-corrected chi connectivity index (χ2v) is 9.52. The van der Waals surface area contributed by atoms with Crippen molar-refractivity contribution in [3.63, 3.8) is 0 Å². The number of primary amides is 2. The van der Waals surface area contributed by atoms with Gasteiger partial charge in [-0.2, -0.15) is 5.10 Å². The molecule has 5 aromatic rings. The summed E-state index contributed by atoms with van der Waals surface area (Å²) >= 11 is 0. The maximum Gasteiger partial charge on any atom is 0.276 e. The number of nitrogens with one attached hydrogen (secondary N) is 1. The van der Waals surface area contributed by atoms with E-state index < -0.39 is 11.8 Å². The summed E-state index contributed by atoms with van der Waals surface area (Å²) in [6.07, 6.45) is 3.76. The number of hydrogen-bond donors (Lipinski definition) is 4. The van der Waals surface area contributed by atoms with Gasteiger partial charge in [0.1, 0.15) is 17.0 Å². The molecule has 0 atom stereocenters. The van der Waals surface area contributed by atoms with Crippen LogP contribution in [0.25, 0.3) is 22.1 Å². The molecule has 14 heteroatoms. The highest BCUT2D eigenvalue weighted by molar-refractivity contribution is 6.04. The standard InChI is InChI=1S/C28H30N10O4/c1-4-38-21(11-15(2)35-38)26(41)34-28-33-19-13-17(25(30)40)14-22(42-3)23(19)37(28)10-6-5-9-36-20-8-7-16(24(29)39)12-18(20)32-27(36)31/h5-8,11-14H,4,9-10H2,1-3H3,(H2,29,39)(H2,30,40)(H2,31,32)(H,33,34,41)/b6-5+. The number of nitrogens with zero attached hydrogens (tertiary/aromatic N) is 6. The summed E-state index contributed by atoms with van der Waals surface area (Å²) in [6, 6.07) is 9.75. The minimum Gasteiger partial charge on any atom is -0.494 e. The first-order valence-corrected chi connectivity index (χ1v) is 13.1. The number of hydrogen-bond acceptors (Lipinski definition) is 8. The maximum atomic E-state index is 13.3. The fourth-order valence-electron chi connectivity index (χ4n) is 4.79. The lowest BCUT2D eigenvalue weighted by Gasteiger charge is -2.11. The average Bonchev–Trinajstić information content (AvgIpc) is 3.61. The molecule has 3 heterocycles. The summed E-state index contributed by atoms with van der Waals surface area (Å²) in [5.74, 6) is -0.681. The van der Waals surface area contributed by atoms with E-state index in [0.717, 1.165) is 5.52 Å². The van der Waals surface area contributed by atoms with Crippen LogP contribution in [0.1, 0.15) is 43.8 Å². The minimum absolute atomic E-state index is 0.221. The van der Waals surface area contributed by atoms with Crippen LogP contribution in [0.4, 0.5) is 11.9 Å². The topological polar surface area (TPSA) is 204 Å². The average molecular weight is 571 g/mol. The number of benzene rings is 2. The Morgan fingerprint density at radius 1 is 0.952 bits per heavy atom. The van der Waals surface area contributed by atoms with Crippen molar-refractivity contribution in [2.45, 2.75) is 33.5 Å². The highest BCUT2D eigenvalue weighted by atomic mass is 16.5. The lowest BCUT2D eigenvalue weighted by atomic mass is 10.1. The predicted molar refractivity (Wildman–Crippen MR) is 157 cm³/mol. The number of carbonyl (C=O) groups excluding carboxylic acids is 3. The van der Waals surface area contributed by atoms with E-state index in [-0.39, 0.29) is 29.9 Å². The summed E-state index contributed by atoms with van der Waals surface area (Å²) < 4.78 is 10.7. The number of imidazole rings is 2. The zero-order chi connectivity index (χ0) is 30.1. The van der Waals surface area contributed by atoms with Crippen molar-refractivity contribution in [2.75, 3.05) is 18.2 Å². The smallest absolute Gasteiger partial charge is 0.276 e. The van der Waals surface area contributed by atoms with Crippen LogP contribution in [0.2, 0.25) is 0 Å². The van der Waals surface area contributed by atoms with E-state index in [2.05, 4.69) is 20.4 Å². The van der Waals surface area contributed by atoms with Gasteiger partial charge in [-0.1, -0.05) is 12.2 Å². The van der Waals surface area contributed by atoms with Gasteiger partial charge < -0.3 is 31.1 Å². The van der Waals surface area contributed by atoms with Gasteiger partial charge in [-0.15, -0.1) is 0 Å². The number of carbonyl (C=O) groups is 3. The molecule has 0 aliphatic heterocycles. The Bertz CT molecular complexity index is 1900. The number of aryl methyl sites for hydroxylation is 2. The van der Waals surface area contributed by atoms with Crippen LogP contribution < -0.4 is 27.3 Å². The van der Waals surface area contributed by atoms with Crippen molar-refractivity contribution in [3.05, 3.63) is 71.1 Å². The van der Waals surface area contributed by atoms with Crippen LogP contribution in [0, 0.1) is 6.92 Å². The van der Waals surface area contributed by atoms with E-state index in [1.807, 2.05) is 26.0 Å². The van der Waals surface area contributed by atoms with Gasteiger partial charge in [0.2, 0.25) is 23.7 Å². The van der Waals surface area contributed by atoms with E-state index in [0.29, 0.717) is 52.3 Å². The number of fused-ring (bicyclic) bond motifs is 2. The third-order valence-corrected chi connectivity index (χ3v) is 6.78. The Morgan fingerprint density at radius 2 is 1.64 bits per heavy atom. The molecule has 42 heavy (non-hydrogen) atoms. The van der Waals surface area contributed by atoms with Gasteiger partial charge in [0.25, 0.3) is 5.91 Å². The highest BCUT2D eigenvalue weighted by Gasteiger charge is 2.21. The molecule has 14 nitrogen and oxygen atoms in total. The summed E-state index contributed by atoms with van der Waals surface area (Å²) in [4.78, 5) is 45.7. The second kappa shape index (κ2) is 11.1. The molecule has 5 rings (SSSR count). The van der Waals surface area contributed by atoms with E-state index in [1.54, 1.807) is 44.1 Å². The number of nitrogens with two attached hydrogens (primary N) is 3. The molecule has 216 valence electrons. The number of nitrogen functional groups attached to an aromatic ring is 1. The molecular weight excluding hydrogens is 540 g/mol. The van der Waals surface area contributed by atoms with Crippen LogP contribution in [-0.4, -0.2) is 53.7 Å². The number of ether oxygens (including phenoxy) is 1. The Hall–Kier alpha value is -5.66. The third-order valence-electron chi connectivity index (χ3n) is 6.78. The predicted octanol–water partition coefficient (Wildman–Crippen LogP) is 2.21. The largest absolute Gasteiger partial charge is 0.494 e. The van der Waals surface area contributed by atoms with E-state index >= 15 is 0 Å². The molecule has 0 unspecified atom stereocenters. The lowest BCUT2D eigenvalue weighted by Crippen LogP contribution is -2.20. The van der Waals surface area contributed by atoms with Crippen molar-refractivity contribution < 1.29 is 19.1 Å². The van der Waals surface area contributed by atoms with Gasteiger partial charge in [0.05, 0.1) is 29.4 Å². The number of allylic oxidation sites excluding steroid dienone is 2. The van der Waals surface area contributed by atoms with Crippen molar-refractivity contribution >= 4 is 51.7 Å². The van der Waals surface area contributed by atoms with Crippen LogP contribution in [0.15, 0.2) is 48.6 Å². The van der Waals surface area contributed by atoms with E-state index in [4.69, 9.17) is 21.9 Å². The fourth-order valence-corrected chi connectivity index (χ4v) is 4.79. The Morgan fingerprint density at radius 3 is 2.31 bits per heavy atom. The molecule has 0 spiro atoms. The number of methoxy groups -OCH3 is 1. The number of rotatable bonds is 10. The van der Waals surface area contributed by atoms with Crippen molar-refractivity contribution in [1.82, 2.24) is 28.9 Å². The molecule has 3 amide bonds. The number of amides is 3. The summed E-state index contributed by atoms with van der Waals surface area (Å²) in [5, 5.41) is 7.23. The Labute approximate surface area is 239 Å². The Kier molecular flexibility index (Phi) is 7.35. The van der Waals surface area contributed by atoms with Gasteiger partial charge in [-0.25, -0.2) is 9.97 Å². The first-order chi connectivity index (χ1) is 20.1. The van der Waals surface area contributed by atoms with Crippen LogP contribution >= 0.6 is 0 Å². The van der Waals surface area contributed by atoms with Gasteiger partial charge in [-0.05, 0) is 50.2 Å². The summed E-state index contributed by atoms with van der Waals surface area (Å²) in [6.45, 7) is 4.88. The minimum atomic E-state index is -0.634. The van der Waals surface area contributed by atoms with Crippen LogP contribution in [0.3, 0.4) is 0 Å². The first kappa shape index (κ1) is 27.9. The van der Waals surface area contributed by atoms with Crippen molar-refractivity contribution in [2.24, 2.45) is 11.5 Å². The Balaban J connectivity index is 1.49. The molecule has 3 aromatic heterocycles. The van der Waals surface area contributed by atoms with Crippen LogP contribution in [-0.2, 0) is 19.6 Å². The van der Waals surface area contributed by atoms with E-state index in [9.17, 15) is 14.4 Å². The number of aromatic nitrogens is 6. The summed E-state index contributed by atoms with van der Waals surface area (Å²) in [5.41, 5.74) is 21.0.